The number of carbonyl (C=O) groups excluding carboxylic acids is 3. The Balaban J connectivity index is 5.11. The zero-order valence-electron chi connectivity index (χ0n) is 17.7. The molecule has 0 aliphatic rings. The molecule has 12 nitrogen and oxygen atoms in total. The van der Waals surface area contributed by atoms with Crippen LogP contribution in [0.1, 0.15) is 39.5 Å². The number of unbranched alkanes of at least 4 members (excludes halogenated alkanes) is 1. The SMILES string of the molecule is CC(C)[C@H](NC(=O)[C@@H](N)CC(=O)O)C(=O)N[C@@H](CS)C(=O)N[C@@H](CCCCN)C(=O)O. The molecule has 0 saturated heterocycles. The van der Waals surface area contributed by atoms with Gasteiger partial charge in [0.1, 0.15) is 18.1 Å². The van der Waals surface area contributed by atoms with E-state index in [4.69, 9.17) is 16.6 Å². The van der Waals surface area contributed by atoms with E-state index in [-0.39, 0.29) is 12.2 Å². The maximum Gasteiger partial charge on any atom is 0.326 e. The van der Waals surface area contributed by atoms with Gasteiger partial charge in [0.2, 0.25) is 17.7 Å². The standard InChI is InChI=1S/C18H33N5O7S/c1-9(2)14(23-15(26)10(20)7-13(24)25)17(28)22-12(8-31)16(27)21-11(18(29)30)5-3-4-6-19/h9-12,14,31H,3-8,19-20H2,1-2H3,(H,21,27)(H,22,28)(H,23,26)(H,24,25)(H,29,30)/t10-,11-,12-,14-/m0/s1. The number of nitrogens with one attached hydrogen (secondary N) is 3. The minimum absolute atomic E-state index is 0.121. The van der Waals surface area contributed by atoms with Gasteiger partial charge in [-0.1, -0.05) is 13.8 Å². The second-order valence-electron chi connectivity index (χ2n) is 7.36. The molecule has 13 heteroatoms. The van der Waals surface area contributed by atoms with Gasteiger partial charge in [0.05, 0.1) is 12.5 Å². The molecule has 0 aromatic rings. The lowest BCUT2D eigenvalue weighted by molar-refractivity contribution is -0.142. The Morgan fingerprint density at radius 1 is 0.903 bits per heavy atom. The summed E-state index contributed by atoms with van der Waals surface area (Å²) in [6.45, 7) is 3.68. The summed E-state index contributed by atoms with van der Waals surface area (Å²) in [5, 5.41) is 25.2. The zero-order chi connectivity index (χ0) is 24.1. The number of carbonyl (C=O) groups is 5. The maximum absolute atomic E-state index is 12.6. The lowest BCUT2D eigenvalue weighted by atomic mass is 10.0. The number of nitrogens with two attached hydrogens (primary N) is 2. The average Bonchev–Trinajstić information content (AvgIpc) is 2.67. The Morgan fingerprint density at radius 2 is 1.48 bits per heavy atom. The molecule has 0 radical (unpaired) electrons. The highest BCUT2D eigenvalue weighted by Gasteiger charge is 2.31. The maximum atomic E-state index is 12.6. The van der Waals surface area contributed by atoms with E-state index >= 15 is 0 Å². The Bertz CT molecular complexity index is 647. The number of thiol groups is 1. The van der Waals surface area contributed by atoms with Crippen LogP contribution in [0, 0.1) is 5.92 Å². The number of hydrogen-bond acceptors (Lipinski definition) is 8. The minimum Gasteiger partial charge on any atom is -0.481 e. The van der Waals surface area contributed by atoms with Gasteiger partial charge >= 0.3 is 11.9 Å². The van der Waals surface area contributed by atoms with Crippen molar-refractivity contribution in [3.63, 3.8) is 0 Å². The smallest absolute Gasteiger partial charge is 0.326 e. The average molecular weight is 464 g/mol. The van der Waals surface area contributed by atoms with Crippen molar-refractivity contribution in [3.05, 3.63) is 0 Å². The monoisotopic (exact) mass is 463 g/mol. The number of carboxylic acids is 2. The first-order chi connectivity index (χ1) is 14.4. The van der Waals surface area contributed by atoms with Crippen LogP contribution in [0.15, 0.2) is 0 Å². The number of amides is 3. The van der Waals surface area contributed by atoms with Crippen LogP contribution in [0.2, 0.25) is 0 Å². The van der Waals surface area contributed by atoms with Crippen LogP contribution >= 0.6 is 12.6 Å². The first kappa shape index (κ1) is 28.6. The molecule has 0 fully saturated rings. The van der Waals surface area contributed by atoms with Gasteiger partial charge < -0.3 is 37.6 Å². The van der Waals surface area contributed by atoms with Crippen LogP contribution in [0.4, 0.5) is 0 Å². The van der Waals surface area contributed by atoms with Crippen LogP contribution < -0.4 is 27.4 Å². The summed E-state index contributed by atoms with van der Waals surface area (Å²) >= 11 is 4.04. The first-order valence-electron chi connectivity index (χ1n) is 9.86. The fourth-order valence-corrected chi connectivity index (χ4v) is 2.81. The molecule has 0 rings (SSSR count). The second kappa shape index (κ2) is 14.6. The highest BCUT2D eigenvalue weighted by molar-refractivity contribution is 7.80. The number of hydrogen-bond donors (Lipinski definition) is 8. The van der Waals surface area contributed by atoms with Crippen molar-refractivity contribution in [2.45, 2.75) is 63.7 Å². The molecule has 4 atom stereocenters. The van der Waals surface area contributed by atoms with E-state index < -0.39 is 66.2 Å². The topological polar surface area (TPSA) is 214 Å². The van der Waals surface area contributed by atoms with Crippen LogP contribution in [-0.2, 0) is 24.0 Å². The van der Waals surface area contributed by atoms with E-state index in [1.54, 1.807) is 13.8 Å². The summed E-state index contributed by atoms with van der Waals surface area (Å²) in [5.41, 5.74) is 10.9. The van der Waals surface area contributed by atoms with Crippen molar-refractivity contribution in [1.29, 1.82) is 0 Å². The van der Waals surface area contributed by atoms with Gasteiger partial charge in [-0.2, -0.15) is 12.6 Å². The first-order valence-corrected chi connectivity index (χ1v) is 10.5. The van der Waals surface area contributed by atoms with E-state index in [0.717, 1.165) is 0 Å². The quantitative estimate of drug-likeness (QED) is 0.0998. The Labute approximate surface area is 186 Å². The summed E-state index contributed by atoms with van der Waals surface area (Å²) in [7, 11) is 0. The Morgan fingerprint density at radius 3 is 1.94 bits per heavy atom. The van der Waals surface area contributed by atoms with Gasteiger partial charge in [0, 0.05) is 5.75 Å². The van der Waals surface area contributed by atoms with E-state index in [0.29, 0.717) is 19.4 Å². The van der Waals surface area contributed by atoms with Gasteiger partial charge in [-0.3, -0.25) is 19.2 Å². The van der Waals surface area contributed by atoms with Gasteiger partial charge in [0.25, 0.3) is 0 Å². The predicted octanol–water partition coefficient (Wildman–Crippen LogP) is -1.96. The summed E-state index contributed by atoms with van der Waals surface area (Å²) in [5.74, 6) is -5.28. The van der Waals surface area contributed by atoms with Gasteiger partial charge in [-0.25, -0.2) is 4.79 Å². The Hall–Kier alpha value is -2.38. The van der Waals surface area contributed by atoms with Crippen molar-refractivity contribution < 1.29 is 34.2 Å². The third kappa shape index (κ3) is 11.0. The molecule has 0 bridgehead atoms. The van der Waals surface area contributed by atoms with Crippen LogP contribution in [0.3, 0.4) is 0 Å². The van der Waals surface area contributed by atoms with Crippen molar-refractivity contribution >= 4 is 42.3 Å². The van der Waals surface area contributed by atoms with E-state index in [1.807, 2.05) is 0 Å². The van der Waals surface area contributed by atoms with Gasteiger partial charge in [-0.05, 0) is 31.7 Å². The summed E-state index contributed by atoms with van der Waals surface area (Å²) in [6, 6.07) is -4.74. The van der Waals surface area contributed by atoms with Crippen molar-refractivity contribution in [2.24, 2.45) is 17.4 Å². The lowest BCUT2D eigenvalue weighted by Gasteiger charge is -2.26. The van der Waals surface area contributed by atoms with Crippen LogP contribution in [-0.4, -0.2) is 76.3 Å². The third-order valence-corrected chi connectivity index (χ3v) is 4.72. The normalized spacial score (nSPS) is 14.8. The number of aliphatic carboxylic acids is 2. The molecule has 31 heavy (non-hydrogen) atoms. The minimum atomic E-state index is -1.35. The van der Waals surface area contributed by atoms with Gasteiger partial charge in [0.15, 0.2) is 0 Å². The summed E-state index contributed by atoms with van der Waals surface area (Å²) in [6.07, 6.45) is 0.675. The van der Waals surface area contributed by atoms with E-state index in [1.165, 1.54) is 0 Å². The molecule has 0 aromatic carbocycles. The number of carboxylic acid groups (broad SMARTS) is 2. The van der Waals surface area contributed by atoms with E-state index in [2.05, 4.69) is 28.6 Å². The highest BCUT2D eigenvalue weighted by atomic mass is 32.1. The van der Waals surface area contributed by atoms with Crippen molar-refractivity contribution in [3.8, 4) is 0 Å². The van der Waals surface area contributed by atoms with Crippen LogP contribution in [0.5, 0.6) is 0 Å². The summed E-state index contributed by atoms with van der Waals surface area (Å²) in [4.78, 5) is 59.3. The molecule has 9 N–H and O–H groups in total. The largest absolute Gasteiger partial charge is 0.481 e. The molecular formula is C18H33N5O7S. The molecule has 0 aliphatic carbocycles. The third-order valence-electron chi connectivity index (χ3n) is 4.36. The number of rotatable bonds is 15. The molecule has 0 aromatic heterocycles. The lowest BCUT2D eigenvalue weighted by Crippen LogP contribution is -2.59. The van der Waals surface area contributed by atoms with Crippen molar-refractivity contribution in [2.75, 3.05) is 12.3 Å². The molecular weight excluding hydrogens is 430 g/mol. The molecule has 0 aliphatic heterocycles. The zero-order valence-corrected chi connectivity index (χ0v) is 18.6. The molecule has 3 amide bonds. The molecule has 0 saturated carbocycles. The fourth-order valence-electron chi connectivity index (χ4n) is 2.55. The molecule has 178 valence electrons. The van der Waals surface area contributed by atoms with E-state index in [9.17, 15) is 29.1 Å². The molecule has 0 heterocycles. The highest BCUT2D eigenvalue weighted by Crippen LogP contribution is 2.06. The van der Waals surface area contributed by atoms with Crippen molar-refractivity contribution in [1.82, 2.24) is 16.0 Å². The summed E-state index contributed by atoms with van der Waals surface area (Å²) < 4.78 is 0. The predicted molar refractivity (Wildman–Crippen MR) is 115 cm³/mol. The molecule has 0 unspecified atom stereocenters. The van der Waals surface area contributed by atoms with Gasteiger partial charge in [-0.15, -0.1) is 0 Å². The fraction of sp³-hybridized carbons (Fsp3) is 0.722. The molecule has 0 spiro atoms. The van der Waals surface area contributed by atoms with Crippen LogP contribution in [0.25, 0.3) is 0 Å². The Kier molecular flexibility index (Phi) is 13.5. The second-order valence-corrected chi connectivity index (χ2v) is 7.73.